The molecule has 0 aliphatic carbocycles. The maximum Gasteiger partial charge on any atom is 0.251 e. The van der Waals surface area contributed by atoms with E-state index >= 15 is 0 Å². The molecule has 0 bridgehead atoms. The van der Waals surface area contributed by atoms with Crippen LogP contribution in [-0.4, -0.2) is 28.9 Å². The quantitative estimate of drug-likeness (QED) is 0.229. The molecular formula is C30H32IN3O2. The molecular weight excluding hydrogens is 561 g/mol. The number of oxazole rings is 1. The molecule has 0 radical (unpaired) electrons. The van der Waals surface area contributed by atoms with Crippen molar-refractivity contribution in [3.63, 3.8) is 0 Å². The van der Waals surface area contributed by atoms with Crippen molar-refractivity contribution in [1.82, 2.24) is 15.2 Å². The number of rotatable bonds is 8. The van der Waals surface area contributed by atoms with Crippen LogP contribution in [-0.2, 0) is 13.0 Å². The van der Waals surface area contributed by atoms with Crippen LogP contribution in [0.15, 0.2) is 77.5 Å². The van der Waals surface area contributed by atoms with Gasteiger partial charge in [0.2, 0.25) is 0 Å². The highest BCUT2D eigenvalue weighted by Crippen LogP contribution is 2.24. The van der Waals surface area contributed by atoms with E-state index in [0.717, 1.165) is 54.7 Å². The molecule has 36 heavy (non-hydrogen) atoms. The van der Waals surface area contributed by atoms with Crippen LogP contribution in [0.25, 0.3) is 11.1 Å². The first-order chi connectivity index (χ1) is 17.6. The molecule has 4 aromatic rings. The molecule has 0 saturated carbocycles. The van der Waals surface area contributed by atoms with Crippen molar-refractivity contribution in [3.05, 3.63) is 98.9 Å². The Bertz CT molecular complexity index is 1290. The highest BCUT2D eigenvalue weighted by molar-refractivity contribution is 14.1. The summed E-state index contributed by atoms with van der Waals surface area (Å²) in [4.78, 5) is 19.6. The normalized spacial score (nSPS) is 15.7. The predicted molar refractivity (Wildman–Crippen MR) is 152 cm³/mol. The molecule has 1 aliphatic heterocycles. The summed E-state index contributed by atoms with van der Waals surface area (Å²) in [6.45, 7) is 5.27. The summed E-state index contributed by atoms with van der Waals surface area (Å²) in [6.07, 6.45) is 5.83. The standard InChI is InChI=1S/C30H32IN3O2/c1-2-27(24-8-10-26(31)11-9-24)33-30(35)25-6-3-21(4-7-25)17-22-13-15-34(16-14-22)19-23-5-12-28-29(18-23)36-20-32-28/h3-12,18,20,22,27H,2,13-17,19H2,1H3,(H,33,35)/t27-/m1/s1. The van der Waals surface area contributed by atoms with E-state index in [-0.39, 0.29) is 11.9 Å². The molecule has 5 nitrogen and oxygen atoms in total. The van der Waals surface area contributed by atoms with Crippen LogP contribution in [0, 0.1) is 9.49 Å². The molecule has 1 aromatic heterocycles. The number of fused-ring (bicyclic) bond motifs is 1. The third kappa shape index (κ3) is 6.16. The van der Waals surface area contributed by atoms with Crippen molar-refractivity contribution in [3.8, 4) is 0 Å². The fourth-order valence-corrected chi connectivity index (χ4v) is 5.45. The Balaban J connectivity index is 1.11. The minimum atomic E-state index is -0.0104. The van der Waals surface area contributed by atoms with Crippen molar-refractivity contribution in [2.75, 3.05) is 13.1 Å². The van der Waals surface area contributed by atoms with Gasteiger partial charge in [-0.1, -0.05) is 37.3 Å². The fourth-order valence-electron chi connectivity index (χ4n) is 5.09. The zero-order valence-electron chi connectivity index (χ0n) is 20.6. The van der Waals surface area contributed by atoms with Gasteiger partial charge in [0.1, 0.15) is 5.52 Å². The van der Waals surface area contributed by atoms with E-state index in [2.05, 4.69) is 93.2 Å². The molecule has 3 aromatic carbocycles. The minimum Gasteiger partial charge on any atom is -0.443 e. The van der Waals surface area contributed by atoms with Crippen LogP contribution < -0.4 is 5.32 Å². The molecule has 1 amide bonds. The molecule has 1 N–H and O–H groups in total. The summed E-state index contributed by atoms with van der Waals surface area (Å²) >= 11 is 2.30. The summed E-state index contributed by atoms with van der Waals surface area (Å²) < 4.78 is 6.65. The van der Waals surface area contributed by atoms with E-state index in [9.17, 15) is 4.79 Å². The second-order valence-corrected chi connectivity index (χ2v) is 11.0. The maximum atomic E-state index is 12.9. The van der Waals surface area contributed by atoms with Gasteiger partial charge in [-0.3, -0.25) is 9.69 Å². The smallest absolute Gasteiger partial charge is 0.251 e. The number of amides is 1. The molecule has 0 unspecified atom stereocenters. The lowest BCUT2D eigenvalue weighted by atomic mass is 9.89. The molecule has 2 heterocycles. The Labute approximate surface area is 226 Å². The van der Waals surface area contributed by atoms with Crippen molar-refractivity contribution in [2.45, 2.75) is 45.2 Å². The fraction of sp³-hybridized carbons (Fsp3) is 0.333. The number of nitrogens with zero attached hydrogens (tertiary/aromatic N) is 2. The first kappa shape index (κ1) is 25.0. The number of hydrogen-bond acceptors (Lipinski definition) is 4. The van der Waals surface area contributed by atoms with Crippen molar-refractivity contribution in [1.29, 1.82) is 0 Å². The molecule has 1 fully saturated rings. The maximum absolute atomic E-state index is 12.9. The SMILES string of the molecule is CC[C@@H](NC(=O)c1ccc(CC2CCN(Cc3ccc4ncoc4c3)CC2)cc1)c1ccc(I)cc1. The number of piperidine rings is 1. The summed E-state index contributed by atoms with van der Waals surface area (Å²) in [5.74, 6) is 0.673. The number of carbonyl (C=O) groups excluding carboxylic acids is 1. The third-order valence-corrected chi connectivity index (χ3v) is 7.95. The number of carbonyl (C=O) groups is 1. The van der Waals surface area contributed by atoms with E-state index in [0.29, 0.717) is 5.92 Å². The molecule has 5 rings (SSSR count). The Morgan fingerprint density at radius 3 is 2.50 bits per heavy atom. The molecule has 0 spiro atoms. The Hall–Kier alpha value is -2.71. The summed E-state index contributed by atoms with van der Waals surface area (Å²) in [7, 11) is 0. The molecule has 6 heteroatoms. The number of halogens is 1. The summed E-state index contributed by atoms with van der Waals surface area (Å²) in [5.41, 5.74) is 6.23. The minimum absolute atomic E-state index is 0.0104. The topological polar surface area (TPSA) is 58.4 Å². The van der Waals surface area contributed by atoms with Crippen LogP contribution in [0.1, 0.15) is 59.3 Å². The number of likely N-dealkylation sites (tertiary alicyclic amines) is 1. The van der Waals surface area contributed by atoms with Gasteiger partial charge in [-0.25, -0.2) is 4.98 Å². The van der Waals surface area contributed by atoms with Crippen molar-refractivity contribution >= 4 is 39.6 Å². The zero-order chi connectivity index (χ0) is 24.9. The van der Waals surface area contributed by atoms with Gasteiger partial charge in [0.05, 0.1) is 6.04 Å². The van der Waals surface area contributed by atoms with Crippen LogP contribution in [0.2, 0.25) is 0 Å². The van der Waals surface area contributed by atoms with Crippen LogP contribution in [0.4, 0.5) is 0 Å². The van der Waals surface area contributed by atoms with Crippen molar-refractivity contribution in [2.24, 2.45) is 5.92 Å². The third-order valence-electron chi connectivity index (χ3n) is 7.24. The second-order valence-electron chi connectivity index (χ2n) is 9.76. The lowest BCUT2D eigenvalue weighted by molar-refractivity contribution is 0.0935. The van der Waals surface area contributed by atoms with Gasteiger partial charge in [-0.05, 0) is 120 Å². The van der Waals surface area contributed by atoms with Crippen LogP contribution in [0.3, 0.4) is 0 Å². The number of benzene rings is 3. The monoisotopic (exact) mass is 593 g/mol. The Morgan fingerprint density at radius 2 is 1.78 bits per heavy atom. The molecule has 186 valence electrons. The van der Waals surface area contributed by atoms with Gasteiger partial charge in [0.15, 0.2) is 12.0 Å². The zero-order valence-corrected chi connectivity index (χ0v) is 22.8. The lowest BCUT2D eigenvalue weighted by Gasteiger charge is -2.32. The predicted octanol–water partition coefficient (Wildman–Crippen LogP) is 6.77. The van der Waals surface area contributed by atoms with Gasteiger partial charge in [0.25, 0.3) is 5.91 Å². The highest BCUT2D eigenvalue weighted by Gasteiger charge is 2.20. The average Bonchev–Trinajstić information content (AvgIpc) is 3.37. The summed E-state index contributed by atoms with van der Waals surface area (Å²) in [6, 6.07) is 22.9. The van der Waals surface area contributed by atoms with Gasteiger partial charge in [-0.2, -0.15) is 0 Å². The van der Waals surface area contributed by atoms with Gasteiger partial charge < -0.3 is 9.73 Å². The van der Waals surface area contributed by atoms with E-state index in [1.54, 1.807) is 0 Å². The van der Waals surface area contributed by atoms with Gasteiger partial charge in [0, 0.05) is 15.7 Å². The van der Waals surface area contributed by atoms with E-state index in [4.69, 9.17) is 4.42 Å². The molecule has 1 aliphatic rings. The Morgan fingerprint density at radius 1 is 1.06 bits per heavy atom. The van der Waals surface area contributed by atoms with Crippen LogP contribution >= 0.6 is 22.6 Å². The van der Waals surface area contributed by atoms with E-state index in [1.807, 2.05) is 18.2 Å². The van der Waals surface area contributed by atoms with Gasteiger partial charge >= 0.3 is 0 Å². The number of hydrogen-bond donors (Lipinski definition) is 1. The Kier molecular flexibility index (Phi) is 8.02. The van der Waals surface area contributed by atoms with E-state index in [1.165, 1.54) is 33.9 Å². The summed E-state index contributed by atoms with van der Waals surface area (Å²) in [5, 5.41) is 3.20. The molecule has 1 saturated heterocycles. The van der Waals surface area contributed by atoms with Crippen LogP contribution in [0.5, 0.6) is 0 Å². The number of aromatic nitrogens is 1. The largest absolute Gasteiger partial charge is 0.443 e. The highest BCUT2D eigenvalue weighted by atomic mass is 127. The lowest BCUT2D eigenvalue weighted by Crippen LogP contribution is -2.33. The first-order valence-electron chi connectivity index (χ1n) is 12.8. The molecule has 1 atom stereocenters. The first-order valence-corrected chi connectivity index (χ1v) is 13.8. The van der Waals surface area contributed by atoms with E-state index < -0.39 is 0 Å². The number of nitrogens with one attached hydrogen (secondary N) is 1. The van der Waals surface area contributed by atoms with Crippen molar-refractivity contribution < 1.29 is 9.21 Å². The van der Waals surface area contributed by atoms with Gasteiger partial charge in [-0.15, -0.1) is 0 Å². The average molecular weight is 594 g/mol. The second kappa shape index (κ2) is 11.6.